The van der Waals surface area contributed by atoms with Crippen molar-refractivity contribution in [2.24, 2.45) is 0 Å². The minimum Gasteiger partial charge on any atom is -0.381 e. The molecule has 1 spiro atoms. The summed E-state index contributed by atoms with van der Waals surface area (Å²) in [6, 6.07) is 18.7. The van der Waals surface area contributed by atoms with Gasteiger partial charge in [-0.15, -0.1) is 0 Å². The number of nitrogens with zero attached hydrogens (tertiary/aromatic N) is 1. The van der Waals surface area contributed by atoms with Gasteiger partial charge < -0.3 is 15.0 Å². The van der Waals surface area contributed by atoms with Crippen LogP contribution in [-0.4, -0.2) is 36.5 Å². The van der Waals surface area contributed by atoms with Crippen LogP contribution in [0.1, 0.15) is 43.7 Å². The molecule has 4 heteroatoms. The molecule has 2 atom stereocenters. The van der Waals surface area contributed by atoms with Crippen molar-refractivity contribution < 1.29 is 9.53 Å². The smallest absolute Gasteiger partial charge is 0.235 e. The monoisotopic (exact) mass is 378 g/mol. The summed E-state index contributed by atoms with van der Waals surface area (Å²) in [5, 5.41) is 3.65. The lowest BCUT2D eigenvalue weighted by molar-refractivity contribution is -0.133. The molecule has 1 saturated heterocycles. The Bertz CT molecular complexity index is 807. The van der Waals surface area contributed by atoms with Crippen molar-refractivity contribution in [1.29, 1.82) is 0 Å². The number of para-hydroxylation sites is 1. The fourth-order valence-electron chi connectivity index (χ4n) is 4.72. The zero-order valence-electron chi connectivity index (χ0n) is 16.7. The van der Waals surface area contributed by atoms with Gasteiger partial charge in [0.25, 0.3) is 0 Å². The maximum absolute atomic E-state index is 13.5. The highest BCUT2D eigenvalue weighted by Gasteiger charge is 2.56. The van der Waals surface area contributed by atoms with Crippen LogP contribution in [0.4, 0.5) is 5.69 Å². The number of carbonyl (C=O) groups excluding carboxylic acids is 1. The summed E-state index contributed by atoms with van der Waals surface area (Å²) in [6.45, 7) is 5.16. The first-order valence-electron chi connectivity index (χ1n) is 10.5. The highest BCUT2D eigenvalue weighted by Crippen LogP contribution is 2.48. The number of likely N-dealkylation sites (tertiary alicyclic amines) is 1. The van der Waals surface area contributed by atoms with Crippen LogP contribution in [0.3, 0.4) is 0 Å². The second-order valence-electron chi connectivity index (χ2n) is 7.94. The van der Waals surface area contributed by atoms with Crippen LogP contribution in [0.5, 0.6) is 0 Å². The van der Waals surface area contributed by atoms with Gasteiger partial charge in [-0.05, 0) is 36.5 Å². The maximum atomic E-state index is 13.5. The molecule has 148 valence electrons. The maximum Gasteiger partial charge on any atom is 0.235 e. The average molecular weight is 379 g/mol. The van der Waals surface area contributed by atoms with E-state index >= 15 is 0 Å². The summed E-state index contributed by atoms with van der Waals surface area (Å²) < 4.78 is 5.95. The number of hydrogen-bond acceptors (Lipinski definition) is 3. The number of benzene rings is 2. The van der Waals surface area contributed by atoms with Crippen LogP contribution in [-0.2, 0) is 21.6 Å². The van der Waals surface area contributed by atoms with E-state index in [9.17, 15) is 4.79 Å². The van der Waals surface area contributed by atoms with E-state index in [0.717, 1.165) is 44.5 Å². The molecule has 2 aromatic carbocycles. The second kappa shape index (κ2) is 8.36. The summed E-state index contributed by atoms with van der Waals surface area (Å²) in [5.41, 5.74) is 3.04. The average Bonchev–Trinajstić information content (AvgIpc) is 3.23. The molecule has 2 aliphatic rings. The van der Waals surface area contributed by atoms with E-state index in [0.29, 0.717) is 19.1 Å². The van der Waals surface area contributed by atoms with Gasteiger partial charge in [-0.25, -0.2) is 0 Å². The van der Waals surface area contributed by atoms with E-state index < -0.39 is 5.41 Å². The molecular formula is C24H30N2O2. The van der Waals surface area contributed by atoms with Crippen LogP contribution in [0.25, 0.3) is 0 Å². The van der Waals surface area contributed by atoms with Gasteiger partial charge in [0, 0.05) is 31.4 Å². The largest absolute Gasteiger partial charge is 0.381 e. The summed E-state index contributed by atoms with van der Waals surface area (Å²) in [6.07, 6.45) is 3.90. The zero-order chi connectivity index (χ0) is 19.4. The SMILES string of the molecule is CCCCN1CC[C@@]2(C1=O)c1ccccc1N[C@@H]2CCOCc1ccccc1. The van der Waals surface area contributed by atoms with E-state index in [1.165, 1.54) is 11.1 Å². The first-order chi connectivity index (χ1) is 13.8. The molecule has 4 nitrogen and oxygen atoms in total. The number of unbranched alkanes of at least 4 members (excludes halogenated alkanes) is 1. The number of ether oxygens (including phenoxy) is 1. The van der Waals surface area contributed by atoms with Crippen LogP contribution in [0.15, 0.2) is 54.6 Å². The molecule has 0 aliphatic carbocycles. The Morgan fingerprint density at radius 3 is 2.75 bits per heavy atom. The number of hydrogen-bond donors (Lipinski definition) is 1. The van der Waals surface area contributed by atoms with E-state index in [1.807, 2.05) is 24.3 Å². The molecule has 2 heterocycles. The Morgan fingerprint density at radius 2 is 1.93 bits per heavy atom. The van der Waals surface area contributed by atoms with E-state index in [2.05, 4.69) is 47.5 Å². The minimum absolute atomic E-state index is 0.0970. The molecule has 4 rings (SSSR count). The van der Waals surface area contributed by atoms with Crippen molar-refractivity contribution in [3.63, 3.8) is 0 Å². The van der Waals surface area contributed by atoms with E-state index in [1.54, 1.807) is 0 Å². The number of carbonyl (C=O) groups is 1. The molecule has 2 aromatic rings. The second-order valence-corrected chi connectivity index (χ2v) is 7.94. The predicted molar refractivity (Wildman–Crippen MR) is 112 cm³/mol. The fourth-order valence-corrected chi connectivity index (χ4v) is 4.72. The third kappa shape index (κ3) is 3.42. The van der Waals surface area contributed by atoms with Crippen molar-refractivity contribution in [1.82, 2.24) is 4.90 Å². The summed E-state index contributed by atoms with van der Waals surface area (Å²) in [5.74, 6) is 0.298. The summed E-state index contributed by atoms with van der Waals surface area (Å²) in [7, 11) is 0. The number of anilines is 1. The normalized spacial score (nSPS) is 23.2. The molecule has 0 aromatic heterocycles. The van der Waals surface area contributed by atoms with Gasteiger partial charge in [0.2, 0.25) is 5.91 Å². The van der Waals surface area contributed by atoms with Gasteiger partial charge in [-0.2, -0.15) is 0 Å². The van der Waals surface area contributed by atoms with Gasteiger partial charge in [0.1, 0.15) is 0 Å². The Balaban J connectivity index is 1.46. The van der Waals surface area contributed by atoms with Gasteiger partial charge in [-0.3, -0.25) is 4.79 Å². The quantitative estimate of drug-likeness (QED) is 0.694. The number of rotatable bonds is 8. The molecule has 1 fully saturated rings. The molecule has 0 radical (unpaired) electrons. The van der Waals surface area contributed by atoms with Crippen molar-refractivity contribution in [3.8, 4) is 0 Å². The molecule has 28 heavy (non-hydrogen) atoms. The first kappa shape index (κ1) is 19.0. The van der Waals surface area contributed by atoms with Crippen molar-refractivity contribution >= 4 is 11.6 Å². The summed E-state index contributed by atoms with van der Waals surface area (Å²) in [4.78, 5) is 15.6. The van der Waals surface area contributed by atoms with Crippen LogP contribution in [0, 0.1) is 0 Å². The number of fused-ring (bicyclic) bond motifs is 2. The Kier molecular flexibility index (Phi) is 5.67. The third-order valence-electron chi connectivity index (χ3n) is 6.22. The number of nitrogens with one attached hydrogen (secondary N) is 1. The fraction of sp³-hybridized carbons (Fsp3) is 0.458. The van der Waals surface area contributed by atoms with Gasteiger partial charge >= 0.3 is 0 Å². The summed E-state index contributed by atoms with van der Waals surface area (Å²) >= 11 is 0. The Labute approximate surface area is 167 Å². The van der Waals surface area contributed by atoms with Crippen molar-refractivity contribution in [3.05, 3.63) is 65.7 Å². The van der Waals surface area contributed by atoms with Crippen molar-refractivity contribution in [2.75, 3.05) is 25.0 Å². The Morgan fingerprint density at radius 1 is 1.14 bits per heavy atom. The lowest BCUT2D eigenvalue weighted by atomic mass is 9.74. The van der Waals surface area contributed by atoms with E-state index in [4.69, 9.17) is 4.74 Å². The molecule has 0 bridgehead atoms. The number of amides is 1. The van der Waals surface area contributed by atoms with Crippen LogP contribution in [0.2, 0.25) is 0 Å². The van der Waals surface area contributed by atoms with Gasteiger partial charge in [0.15, 0.2) is 0 Å². The lowest BCUT2D eigenvalue weighted by Crippen LogP contribution is -2.46. The standard InChI is InChI=1S/C24H30N2O2/c1-2-3-15-26-16-14-24(23(26)27)20-11-7-8-12-21(20)25-22(24)13-17-28-18-19-9-5-4-6-10-19/h4-12,22,25H,2-3,13-18H2,1H3/t22-,24-/m1/s1. The third-order valence-corrected chi connectivity index (χ3v) is 6.22. The molecule has 0 unspecified atom stereocenters. The molecular weight excluding hydrogens is 348 g/mol. The zero-order valence-corrected chi connectivity index (χ0v) is 16.7. The van der Waals surface area contributed by atoms with Gasteiger partial charge in [-0.1, -0.05) is 61.9 Å². The topological polar surface area (TPSA) is 41.6 Å². The molecule has 1 N–H and O–H groups in total. The molecule has 1 amide bonds. The first-order valence-corrected chi connectivity index (χ1v) is 10.5. The lowest BCUT2D eigenvalue weighted by Gasteiger charge is -2.30. The highest BCUT2D eigenvalue weighted by molar-refractivity contribution is 5.95. The van der Waals surface area contributed by atoms with Gasteiger partial charge in [0.05, 0.1) is 12.0 Å². The Hall–Kier alpha value is -2.33. The molecule has 0 saturated carbocycles. The minimum atomic E-state index is -0.430. The van der Waals surface area contributed by atoms with E-state index in [-0.39, 0.29) is 6.04 Å². The van der Waals surface area contributed by atoms with Crippen molar-refractivity contribution in [2.45, 2.75) is 50.7 Å². The van der Waals surface area contributed by atoms with Crippen LogP contribution >= 0.6 is 0 Å². The highest BCUT2D eigenvalue weighted by atomic mass is 16.5. The predicted octanol–water partition coefficient (Wildman–Crippen LogP) is 4.36. The van der Waals surface area contributed by atoms with Crippen LogP contribution < -0.4 is 5.32 Å². The molecule has 2 aliphatic heterocycles.